The number of hydrogen-bond acceptors (Lipinski definition) is 5. The molecular weight excluding hydrogens is 556 g/mol. The van der Waals surface area contributed by atoms with Gasteiger partial charge in [-0.25, -0.2) is 0 Å². The number of amides is 2. The second-order valence-corrected chi connectivity index (χ2v) is 10.4. The predicted octanol–water partition coefficient (Wildman–Crippen LogP) is 6.34. The molecule has 0 atom stereocenters. The molecule has 9 heteroatoms. The molecule has 1 aliphatic rings. The van der Waals surface area contributed by atoms with Crippen LogP contribution in [0, 0.1) is 32.1 Å². The lowest BCUT2D eigenvalue weighted by Crippen LogP contribution is -2.54. The van der Waals surface area contributed by atoms with Gasteiger partial charge in [0.15, 0.2) is 5.11 Å². The van der Waals surface area contributed by atoms with Crippen LogP contribution < -0.4 is 15.0 Å². The molecule has 204 valence electrons. The van der Waals surface area contributed by atoms with Crippen LogP contribution in [0.2, 0.25) is 5.02 Å². The molecule has 5 rings (SSSR count). The van der Waals surface area contributed by atoms with Gasteiger partial charge in [0.25, 0.3) is 11.8 Å². The van der Waals surface area contributed by atoms with E-state index in [4.69, 9.17) is 28.6 Å². The first-order chi connectivity index (χ1) is 19.7. The van der Waals surface area contributed by atoms with Crippen LogP contribution in [-0.2, 0) is 16.2 Å². The number of hydrogen-bond donors (Lipinski definition) is 1. The maximum Gasteiger partial charge on any atom is 0.270 e. The van der Waals surface area contributed by atoms with Gasteiger partial charge < -0.3 is 9.30 Å². The zero-order valence-electron chi connectivity index (χ0n) is 22.6. The van der Waals surface area contributed by atoms with Gasteiger partial charge in [-0.2, -0.15) is 5.26 Å². The molecule has 41 heavy (non-hydrogen) atoms. The first-order valence-corrected chi connectivity index (χ1v) is 13.5. The summed E-state index contributed by atoms with van der Waals surface area (Å²) in [5, 5.41) is 12.4. The van der Waals surface area contributed by atoms with Crippen molar-refractivity contribution in [2.45, 2.75) is 27.4 Å². The maximum absolute atomic E-state index is 13.5. The Kier molecular flexibility index (Phi) is 7.75. The van der Waals surface area contributed by atoms with Crippen molar-refractivity contribution in [3.05, 3.63) is 117 Å². The zero-order chi connectivity index (χ0) is 29.3. The van der Waals surface area contributed by atoms with E-state index in [2.05, 4.69) is 11.4 Å². The number of carbonyl (C=O) groups excluding carboxylic acids is 2. The Labute approximate surface area is 248 Å². The second-order valence-electron chi connectivity index (χ2n) is 9.60. The number of aromatic nitrogens is 1. The van der Waals surface area contributed by atoms with Crippen LogP contribution in [-0.4, -0.2) is 21.5 Å². The number of anilines is 1. The molecular formula is C32H25ClN4O3S. The quantitative estimate of drug-likeness (QED) is 0.163. The highest BCUT2D eigenvalue weighted by atomic mass is 35.5. The highest BCUT2D eigenvalue weighted by Crippen LogP contribution is 2.29. The summed E-state index contributed by atoms with van der Waals surface area (Å²) in [6.45, 7) is 6.03. The van der Waals surface area contributed by atoms with Crippen LogP contribution in [0.15, 0.2) is 78.4 Å². The van der Waals surface area contributed by atoms with Crippen molar-refractivity contribution in [1.82, 2.24) is 9.88 Å². The van der Waals surface area contributed by atoms with Gasteiger partial charge in [-0.05, 0) is 98.7 Å². The average molecular weight is 581 g/mol. The molecule has 2 amide bonds. The fourth-order valence-corrected chi connectivity index (χ4v) is 5.16. The number of carbonyl (C=O) groups is 2. The van der Waals surface area contributed by atoms with Crippen molar-refractivity contribution in [2.75, 3.05) is 4.90 Å². The van der Waals surface area contributed by atoms with Crippen molar-refractivity contribution in [2.24, 2.45) is 0 Å². The molecule has 4 aromatic rings. The number of thiocarbonyl (C=S) groups is 1. The van der Waals surface area contributed by atoms with Crippen LogP contribution in [0.3, 0.4) is 0 Å². The monoisotopic (exact) mass is 580 g/mol. The molecule has 0 saturated carbocycles. The van der Waals surface area contributed by atoms with Gasteiger partial charge in [-0.1, -0.05) is 35.9 Å². The van der Waals surface area contributed by atoms with Gasteiger partial charge in [0.05, 0.1) is 17.3 Å². The van der Waals surface area contributed by atoms with Crippen molar-refractivity contribution in [1.29, 1.82) is 5.26 Å². The molecule has 1 aromatic heterocycles. The Morgan fingerprint density at radius 3 is 2.41 bits per heavy atom. The number of benzene rings is 3. The minimum absolute atomic E-state index is 0.000892. The summed E-state index contributed by atoms with van der Waals surface area (Å²) in [5.41, 5.74) is 6.11. The highest BCUT2D eigenvalue weighted by Gasteiger charge is 2.35. The third kappa shape index (κ3) is 5.50. The summed E-state index contributed by atoms with van der Waals surface area (Å²) in [4.78, 5) is 27.6. The summed E-state index contributed by atoms with van der Waals surface area (Å²) >= 11 is 11.6. The zero-order valence-corrected chi connectivity index (χ0v) is 24.1. The Morgan fingerprint density at radius 2 is 1.71 bits per heavy atom. The van der Waals surface area contributed by atoms with Crippen molar-refractivity contribution >= 4 is 52.5 Å². The highest BCUT2D eigenvalue weighted by molar-refractivity contribution is 7.80. The van der Waals surface area contributed by atoms with E-state index >= 15 is 0 Å². The molecule has 0 unspecified atom stereocenters. The topological polar surface area (TPSA) is 87.4 Å². The Balaban J connectivity index is 1.40. The number of nitrogens with zero attached hydrogens (tertiary/aromatic N) is 3. The summed E-state index contributed by atoms with van der Waals surface area (Å²) in [6.07, 6.45) is 1.59. The third-order valence-electron chi connectivity index (χ3n) is 6.91. The van der Waals surface area contributed by atoms with E-state index in [0.29, 0.717) is 22.0 Å². The van der Waals surface area contributed by atoms with Crippen LogP contribution in [0.5, 0.6) is 5.75 Å². The molecule has 0 radical (unpaired) electrons. The summed E-state index contributed by atoms with van der Waals surface area (Å²) in [5.74, 6) is -0.412. The van der Waals surface area contributed by atoms with Crippen molar-refractivity contribution in [3.63, 3.8) is 0 Å². The first-order valence-electron chi connectivity index (χ1n) is 12.8. The summed E-state index contributed by atoms with van der Waals surface area (Å²) < 4.78 is 7.95. The van der Waals surface area contributed by atoms with Crippen molar-refractivity contribution < 1.29 is 14.3 Å². The molecule has 3 aromatic carbocycles. The molecule has 1 N–H and O–H groups in total. The molecule has 0 bridgehead atoms. The minimum atomic E-state index is -0.557. The van der Waals surface area contributed by atoms with Gasteiger partial charge in [-0.15, -0.1) is 0 Å². The molecule has 0 aliphatic carbocycles. The number of nitrogens with one attached hydrogen (secondary N) is 1. The number of rotatable bonds is 6. The summed E-state index contributed by atoms with van der Waals surface area (Å²) in [6, 6.07) is 24.2. The standard InChI is InChI=1S/C32H25ClN4O3S/c1-19-8-9-26(16-29(19)33)37-31(39)28(30(38)35-32(37)41)15-24-14-20(2)36(21(24)3)25-10-12-27(13-11-25)40-18-23-7-5-4-6-22(23)17-34/h4-16H,18H2,1-3H3,(H,35,38,41)/b28-15+. The smallest absolute Gasteiger partial charge is 0.270 e. The van der Waals surface area contributed by atoms with Gasteiger partial charge in [0, 0.05) is 27.7 Å². The van der Waals surface area contributed by atoms with E-state index in [1.165, 1.54) is 4.90 Å². The molecule has 1 fully saturated rings. The van der Waals surface area contributed by atoms with Crippen LogP contribution >= 0.6 is 23.8 Å². The average Bonchev–Trinajstić information content (AvgIpc) is 3.24. The van der Waals surface area contributed by atoms with E-state index in [1.807, 2.05) is 73.9 Å². The fraction of sp³-hybridized carbons (Fsp3) is 0.125. The maximum atomic E-state index is 13.5. The first kappa shape index (κ1) is 27.8. The normalized spacial score (nSPS) is 14.3. The van der Waals surface area contributed by atoms with Crippen LogP contribution in [0.1, 0.15) is 33.6 Å². The van der Waals surface area contributed by atoms with Crippen LogP contribution in [0.4, 0.5) is 5.69 Å². The minimum Gasteiger partial charge on any atom is -0.489 e. The largest absolute Gasteiger partial charge is 0.489 e. The van der Waals surface area contributed by atoms with Gasteiger partial charge in [0.1, 0.15) is 17.9 Å². The molecule has 1 aliphatic heterocycles. The lowest BCUT2D eigenvalue weighted by Gasteiger charge is -2.29. The lowest BCUT2D eigenvalue weighted by molar-refractivity contribution is -0.122. The molecule has 1 saturated heterocycles. The van der Waals surface area contributed by atoms with Gasteiger partial charge in [0.2, 0.25) is 0 Å². The van der Waals surface area contributed by atoms with Crippen LogP contribution in [0.25, 0.3) is 11.8 Å². The Bertz CT molecular complexity index is 1780. The van der Waals surface area contributed by atoms with E-state index in [1.54, 1.807) is 30.3 Å². The number of nitriles is 1. The Hall–Kier alpha value is -4.71. The number of aryl methyl sites for hydroxylation is 2. The Morgan fingerprint density at radius 1 is 1.00 bits per heavy atom. The van der Waals surface area contributed by atoms with Crippen molar-refractivity contribution in [3.8, 4) is 17.5 Å². The molecule has 7 nitrogen and oxygen atoms in total. The molecule has 2 heterocycles. The van der Waals surface area contributed by atoms with E-state index < -0.39 is 11.8 Å². The predicted molar refractivity (Wildman–Crippen MR) is 163 cm³/mol. The van der Waals surface area contributed by atoms with E-state index in [-0.39, 0.29) is 17.3 Å². The summed E-state index contributed by atoms with van der Waals surface area (Å²) in [7, 11) is 0. The van der Waals surface area contributed by atoms with E-state index in [9.17, 15) is 14.9 Å². The fourth-order valence-electron chi connectivity index (χ4n) is 4.71. The SMILES string of the molecule is Cc1ccc(N2C(=O)/C(=C/c3cc(C)n(-c4ccc(OCc5ccccc5C#N)cc4)c3C)C(=O)NC2=S)cc1Cl. The second kappa shape index (κ2) is 11.4. The number of halogens is 1. The van der Waals surface area contributed by atoms with Gasteiger partial charge in [-0.3, -0.25) is 19.8 Å². The van der Waals surface area contributed by atoms with E-state index in [0.717, 1.165) is 33.8 Å². The third-order valence-corrected chi connectivity index (χ3v) is 7.60. The van der Waals surface area contributed by atoms with Gasteiger partial charge >= 0.3 is 0 Å². The number of ether oxygens (including phenoxy) is 1. The lowest BCUT2D eigenvalue weighted by atomic mass is 10.1. The molecule has 0 spiro atoms.